The summed E-state index contributed by atoms with van der Waals surface area (Å²) in [6, 6.07) is 6.56. The number of esters is 1. The third-order valence-electron chi connectivity index (χ3n) is 11.3. The van der Waals surface area contributed by atoms with Crippen molar-refractivity contribution in [3.8, 4) is 0 Å². The molecule has 2 aliphatic heterocycles. The number of H-pyrrole nitrogens is 1. The Morgan fingerprint density at radius 1 is 1.08 bits per heavy atom. The van der Waals surface area contributed by atoms with E-state index in [-0.39, 0.29) is 37.5 Å². The highest BCUT2D eigenvalue weighted by molar-refractivity contribution is 5.77. The van der Waals surface area contributed by atoms with Gasteiger partial charge in [-0.2, -0.15) is 0 Å². The van der Waals surface area contributed by atoms with Gasteiger partial charge in [0.25, 0.3) is 0 Å². The zero-order chi connectivity index (χ0) is 38.1. The molecule has 0 aliphatic carbocycles. The predicted molar refractivity (Wildman–Crippen MR) is 194 cm³/mol. The summed E-state index contributed by atoms with van der Waals surface area (Å²) >= 11 is 0. The minimum Gasteiger partial charge on any atom is -0.459 e. The number of aromatic nitrogens is 2. The second kappa shape index (κ2) is 16.3. The van der Waals surface area contributed by atoms with Crippen molar-refractivity contribution in [3.63, 3.8) is 0 Å². The molecule has 2 aromatic rings. The Labute approximate surface area is 302 Å². The van der Waals surface area contributed by atoms with Crippen LogP contribution in [0.15, 0.2) is 24.3 Å². The SMILES string of the molecule is CC[C@H]1OC(=O)C(C)[C@@](O)(CNc2nc3ccccc3[nH]2)[C@H](C)[C@@H](O[C@@H]2O[C@H](C)C[C@H](N(C)C)[C@H]2O)[C@@](C)(O)C[C@@H](C)CN[C@H](C)[C@@H](O)[C@]1(C)O. The quantitative estimate of drug-likeness (QED) is 0.193. The molecule has 0 saturated carbocycles. The maximum atomic E-state index is 14.1. The van der Waals surface area contributed by atoms with Gasteiger partial charge in [0.1, 0.15) is 29.5 Å². The molecular weight excluding hydrogens is 658 g/mol. The summed E-state index contributed by atoms with van der Waals surface area (Å²) in [5.74, 6) is -2.89. The molecule has 3 heterocycles. The van der Waals surface area contributed by atoms with Gasteiger partial charge in [-0.05, 0) is 92.6 Å². The number of hydrogen-bond donors (Lipinski definition) is 8. The maximum absolute atomic E-state index is 14.1. The van der Waals surface area contributed by atoms with Gasteiger partial charge < -0.3 is 60.3 Å². The number of carbonyl (C=O) groups is 1. The molecule has 51 heavy (non-hydrogen) atoms. The molecule has 14 heteroatoms. The molecule has 8 N–H and O–H groups in total. The van der Waals surface area contributed by atoms with Crippen molar-refractivity contribution in [2.24, 2.45) is 17.8 Å². The van der Waals surface area contributed by atoms with Crippen molar-refractivity contribution in [1.29, 1.82) is 0 Å². The second-order valence-corrected chi connectivity index (χ2v) is 16.0. The summed E-state index contributed by atoms with van der Waals surface area (Å²) in [5.41, 5.74) is -3.96. The van der Waals surface area contributed by atoms with Crippen LogP contribution >= 0.6 is 0 Å². The first-order chi connectivity index (χ1) is 23.7. The van der Waals surface area contributed by atoms with Crippen molar-refractivity contribution in [2.75, 3.05) is 32.5 Å². The summed E-state index contributed by atoms with van der Waals surface area (Å²) in [4.78, 5) is 23.8. The molecule has 4 rings (SSSR count). The van der Waals surface area contributed by atoms with E-state index in [1.165, 1.54) is 13.8 Å². The van der Waals surface area contributed by atoms with E-state index in [2.05, 4.69) is 20.6 Å². The molecule has 2 saturated heterocycles. The van der Waals surface area contributed by atoms with Crippen LogP contribution in [0.3, 0.4) is 0 Å². The molecule has 0 radical (unpaired) electrons. The number of likely N-dealkylation sites (N-methyl/N-ethyl adjacent to an activating group) is 1. The Bertz CT molecular complexity index is 1410. The van der Waals surface area contributed by atoms with Crippen LogP contribution in [-0.2, 0) is 19.0 Å². The average molecular weight is 722 g/mol. The molecule has 2 aliphatic rings. The Morgan fingerprint density at radius 3 is 2.37 bits per heavy atom. The fourth-order valence-electron chi connectivity index (χ4n) is 7.99. The van der Waals surface area contributed by atoms with E-state index in [0.29, 0.717) is 24.4 Å². The molecule has 1 aromatic carbocycles. The number of fused-ring (bicyclic) bond motifs is 1. The van der Waals surface area contributed by atoms with Crippen LogP contribution in [0.1, 0.15) is 74.7 Å². The van der Waals surface area contributed by atoms with Crippen molar-refractivity contribution >= 4 is 23.0 Å². The zero-order valence-electron chi connectivity index (χ0n) is 32.0. The van der Waals surface area contributed by atoms with E-state index in [1.807, 2.05) is 57.1 Å². The first kappa shape index (κ1) is 41.4. The molecule has 2 fully saturated rings. The van der Waals surface area contributed by atoms with E-state index in [9.17, 15) is 30.3 Å². The number of cyclic esters (lactones) is 1. The Morgan fingerprint density at radius 2 is 1.75 bits per heavy atom. The molecule has 14 nitrogen and oxygen atoms in total. The maximum Gasteiger partial charge on any atom is 0.312 e. The number of rotatable bonds is 7. The van der Waals surface area contributed by atoms with Crippen LogP contribution in [0, 0.1) is 17.8 Å². The lowest BCUT2D eigenvalue weighted by Crippen LogP contribution is -2.63. The van der Waals surface area contributed by atoms with Crippen LogP contribution in [0.4, 0.5) is 5.95 Å². The standard InChI is InChI=1S/C37H63N5O9/c1-11-28-36(8,47)30(44)24(6)38-18-20(2)17-35(7,46)31(51-33-29(43)27(42(9)10)16-21(3)49-33)22(4)37(48,23(5)32(45)50-28)19-39-34-40-25-14-12-13-15-26(25)41-34/h12-15,20-24,27-31,33,38,43-44,46-48H,11,16-19H2,1-10H3,(H2,39,40,41)/t20-,21-,22-,23?,24-,27+,28-,29-,30-,31-,33+,35+,36-,37-/m1/s1. The number of nitrogens with zero attached hydrogens (tertiary/aromatic N) is 2. The van der Waals surface area contributed by atoms with Crippen molar-refractivity contribution in [3.05, 3.63) is 24.3 Å². The Balaban J connectivity index is 1.81. The number of nitrogens with one attached hydrogen (secondary N) is 3. The van der Waals surface area contributed by atoms with Gasteiger partial charge in [-0.25, -0.2) is 4.98 Å². The van der Waals surface area contributed by atoms with Gasteiger partial charge in [-0.15, -0.1) is 0 Å². The fourth-order valence-corrected chi connectivity index (χ4v) is 7.99. The lowest BCUT2D eigenvalue weighted by Gasteiger charge is -2.49. The first-order valence-corrected chi connectivity index (χ1v) is 18.4. The molecule has 0 bridgehead atoms. The zero-order valence-corrected chi connectivity index (χ0v) is 32.0. The topological polar surface area (TPSA) is 202 Å². The minimum absolute atomic E-state index is 0.174. The number of imidazole rings is 1. The molecule has 1 aromatic heterocycles. The van der Waals surface area contributed by atoms with Crippen LogP contribution < -0.4 is 10.6 Å². The van der Waals surface area contributed by atoms with Crippen molar-refractivity contribution in [2.45, 2.75) is 140 Å². The number of carbonyl (C=O) groups excluding carboxylic acids is 1. The number of anilines is 1. The highest BCUT2D eigenvalue weighted by atomic mass is 16.7. The number of ether oxygens (including phenoxy) is 3. The molecule has 14 atom stereocenters. The summed E-state index contributed by atoms with van der Waals surface area (Å²) in [6.45, 7) is 13.7. The Hall–Kier alpha value is -2.40. The number of aliphatic hydroxyl groups excluding tert-OH is 2. The van der Waals surface area contributed by atoms with E-state index in [1.54, 1.807) is 27.7 Å². The average Bonchev–Trinajstić information content (AvgIpc) is 3.49. The predicted octanol–water partition coefficient (Wildman–Crippen LogP) is 1.99. The van der Waals surface area contributed by atoms with Gasteiger partial charge in [-0.1, -0.05) is 32.9 Å². The molecular formula is C37H63N5O9. The summed E-state index contributed by atoms with van der Waals surface area (Å²) in [7, 11) is 3.74. The highest BCUT2D eigenvalue weighted by Crippen LogP contribution is 2.40. The number of para-hydroxylation sites is 2. The smallest absolute Gasteiger partial charge is 0.312 e. The summed E-state index contributed by atoms with van der Waals surface area (Å²) in [5, 5.41) is 66.0. The van der Waals surface area contributed by atoms with Crippen molar-refractivity contribution in [1.82, 2.24) is 20.2 Å². The monoisotopic (exact) mass is 721 g/mol. The van der Waals surface area contributed by atoms with Crippen LogP contribution in [0.25, 0.3) is 11.0 Å². The lowest BCUT2D eigenvalue weighted by molar-refractivity contribution is -0.303. The van der Waals surface area contributed by atoms with Gasteiger partial charge in [0.15, 0.2) is 6.29 Å². The van der Waals surface area contributed by atoms with Crippen LogP contribution in [-0.4, -0.2) is 139 Å². The lowest BCUT2D eigenvalue weighted by atomic mass is 9.70. The fraction of sp³-hybridized carbons (Fsp3) is 0.784. The molecule has 1 unspecified atom stereocenters. The number of benzene rings is 1. The molecule has 290 valence electrons. The van der Waals surface area contributed by atoms with Crippen LogP contribution in [0.2, 0.25) is 0 Å². The second-order valence-electron chi connectivity index (χ2n) is 16.0. The van der Waals surface area contributed by atoms with Gasteiger partial charge >= 0.3 is 5.97 Å². The first-order valence-electron chi connectivity index (χ1n) is 18.4. The Kier molecular flexibility index (Phi) is 13.2. The summed E-state index contributed by atoms with van der Waals surface area (Å²) in [6.07, 6.45) is -5.17. The van der Waals surface area contributed by atoms with Gasteiger partial charge in [-0.3, -0.25) is 4.79 Å². The molecule has 0 amide bonds. The number of aliphatic hydroxyl groups is 5. The van der Waals surface area contributed by atoms with E-state index in [0.717, 1.165) is 5.52 Å². The van der Waals surface area contributed by atoms with E-state index >= 15 is 0 Å². The van der Waals surface area contributed by atoms with E-state index < -0.39 is 71.4 Å². The largest absolute Gasteiger partial charge is 0.459 e. The summed E-state index contributed by atoms with van der Waals surface area (Å²) < 4.78 is 18.7. The minimum atomic E-state index is -1.98. The van der Waals surface area contributed by atoms with Crippen molar-refractivity contribution < 1.29 is 44.5 Å². The van der Waals surface area contributed by atoms with Crippen LogP contribution in [0.5, 0.6) is 0 Å². The number of aromatic amines is 1. The highest BCUT2D eigenvalue weighted by Gasteiger charge is 2.55. The van der Waals surface area contributed by atoms with Gasteiger partial charge in [0.2, 0.25) is 5.95 Å². The number of hydrogen-bond acceptors (Lipinski definition) is 13. The van der Waals surface area contributed by atoms with Gasteiger partial charge in [0.05, 0.1) is 34.8 Å². The molecule has 0 spiro atoms. The third-order valence-corrected chi connectivity index (χ3v) is 11.3. The normalized spacial score (nSPS) is 42.3. The third kappa shape index (κ3) is 9.05. The van der Waals surface area contributed by atoms with Gasteiger partial charge in [0, 0.05) is 24.5 Å². The van der Waals surface area contributed by atoms with E-state index in [4.69, 9.17) is 14.2 Å².